The van der Waals surface area contributed by atoms with Crippen molar-refractivity contribution < 1.29 is 13.6 Å². The summed E-state index contributed by atoms with van der Waals surface area (Å²) in [6, 6.07) is 12.9. The van der Waals surface area contributed by atoms with Gasteiger partial charge in [-0.1, -0.05) is 18.2 Å². The highest BCUT2D eigenvalue weighted by atomic mass is 19.2. The number of halogens is 2. The molecule has 1 fully saturated rings. The Kier molecular flexibility index (Phi) is 5.62. The lowest BCUT2D eigenvalue weighted by molar-refractivity contribution is 0.0668. The molecule has 26 heavy (non-hydrogen) atoms. The molecule has 1 atom stereocenters. The monoisotopic (exact) mass is 354 g/mol. The van der Waals surface area contributed by atoms with E-state index in [0.29, 0.717) is 36.6 Å². The van der Waals surface area contributed by atoms with Crippen molar-refractivity contribution in [3.63, 3.8) is 0 Å². The quantitative estimate of drug-likeness (QED) is 0.821. The highest BCUT2D eigenvalue weighted by molar-refractivity contribution is 5.96. The number of aryl methyl sites for hydroxylation is 1. The number of likely N-dealkylation sites (tertiary alicyclic amines) is 1. The van der Waals surface area contributed by atoms with Crippen LogP contribution in [-0.2, 0) is 6.42 Å². The van der Waals surface area contributed by atoms with Gasteiger partial charge in [0.05, 0.1) is 17.2 Å². The normalized spacial score (nSPS) is 17.0. The number of carbonyl (C=O) groups excluding carboxylic acids is 1. The van der Waals surface area contributed by atoms with E-state index in [4.69, 9.17) is 0 Å². The lowest BCUT2D eigenvalue weighted by atomic mass is 9.91. The molecule has 3 rings (SSSR count). The predicted octanol–water partition coefficient (Wildman–Crippen LogP) is 4.32. The van der Waals surface area contributed by atoms with Crippen molar-refractivity contribution in [3.8, 4) is 6.07 Å². The van der Waals surface area contributed by atoms with E-state index in [9.17, 15) is 18.8 Å². The predicted molar refractivity (Wildman–Crippen MR) is 94.5 cm³/mol. The zero-order valence-corrected chi connectivity index (χ0v) is 14.4. The number of rotatable bonds is 4. The van der Waals surface area contributed by atoms with Crippen LogP contribution >= 0.6 is 0 Å². The Morgan fingerprint density at radius 3 is 2.77 bits per heavy atom. The van der Waals surface area contributed by atoms with Gasteiger partial charge < -0.3 is 4.90 Å². The van der Waals surface area contributed by atoms with Gasteiger partial charge in [0, 0.05) is 13.1 Å². The number of carbonyl (C=O) groups is 1. The number of piperidine rings is 1. The van der Waals surface area contributed by atoms with E-state index in [2.05, 4.69) is 6.07 Å². The summed E-state index contributed by atoms with van der Waals surface area (Å²) in [5.74, 6) is -1.45. The third kappa shape index (κ3) is 4.08. The fourth-order valence-electron chi connectivity index (χ4n) is 3.49. The highest BCUT2D eigenvalue weighted by Gasteiger charge is 2.25. The Balaban J connectivity index is 1.63. The zero-order valence-electron chi connectivity index (χ0n) is 14.4. The van der Waals surface area contributed by atoms with Crippen LogP contribution in [0.4, 0.5) is 8.78 Å². The molecule has 2 aromatic rings. The van der Waals surface area contributed by atoms with Gasteiger partial charge >= 0.3 is 0 Å². The molecule has 0 N–H and O–H groups in total. The first kappa shape index (κ1) is 18.1. The summed E-state index contributed by atoms with van der Waals surface area (Å²) in [6.07, 6.45) is 3.38. The van der Waals surface area contributed by atoms with E-state index in [0.717, 1.165) is 30.9 Å². The maximum absolute atomic E-state index is 13.3. The number of nitrogens with zero attached hydrogens (tertiary/aromatic N) is 2. The molecule has 0 aromatic heterocycles. The van der Waals surface area contributed by atoms with Crippen molar-refractivity contribution in [3.05, 3.63) is 70.8 Å². The van der Waals surface area contributed by atoms with E-state index < -0.39 is 11.6 Å². The van der Waals surface area contributed by atoms with Gasteiger partial charge in [-0.05, 0) is 61.4 Å². The summed E-state index contributed by atoms with van der Waals surface area (Å²) in [7, 11) is 0. The fourth-order valence-corrected chi connectivity index (χ4v) is 3.49. The first-order chi connectivity index (χ1) is 12.6. The summed E-state index contributed by atoms with van der Waals surface area (Å²) in [5, 5.41) is 9.19. The van der Waals surface area contributed by atoms with Gasteiger partial charge in [-0.3, -0.25) is 4.79 Å². The Bertz CT molecular complexity index is 844. The molecule has 134 valence electrons. The molecule has 2 aromatic carbocycles. The van der Waals surface area contributed by atoms with Crippen LogP contribution in [-0.4, -0.2) is 23.9 Å². The van der Waals surface area contributed by atoms with Crippen LogP contribution in [0.5, 0.6) is 0 Å². The van der Waals surface area contributed by atoms with Crippen LogP contribution in [0.25, 0.3) is 0 Å². The molecular formula is C21H20F2N2O. The molecule has 3 nitrogen and oxygen atoms in total. The van der Waals surface area contributed by atoms with Crippen molar-refractivity contribution in [1.29, 1.82) is 5.26 Å². The summed E-state index contributed by atoms with van der Waals surface area (Å²) >= 11 is 0. The molecule has 1 saturated heterocycles. The minimum absolute atomic E-state index is 0.111. The van der Waals surface area contributed by atoms with Gasteiger partial charge in [0.1, 0.15) is 0 Å². The number of nitriles is 1. The van der Waals surface area contributed by atoms with E-state index in [-0.39, 0.29) is 5.91 Å². The molecule has 0 spiro atoms. The van der Waals surface area contributed by atoms with Crippen LogP contribution in [0.3, 0.4) is 0 Å². The number of hydrogen-bond acceptors (Lipinski definition) is 2. The second kappa shape index (κ2) is 8.09. The van der Waals surface area contributed by atoms with Crippen molar-refractivity contribution in [2.45, 2.75) is 25.7 Å². The third-order valence-corrected chi connectivity index (χ3v) is 4.91. The first-order valence-corrected chi connectivity index (χ1v) is 8.81. The molecule has 1 aliphatic heterocycles. The van der Waals surface area contributed by atoms with Crippen molar-refractivity contribution in [2.24, 2.45) is 5.92 Å². The molecule has 5 heteroatoms. The SMILES string of the molecule is N#Cc1ccccc1C(=O)N1CCC[C@H](CCc2ccc(F)c(F)c2)C1. The number of amides is 1. The average molecular weight is 354 g/mol. The lowest BCUT2D eigenvalue weighted by Gasteiger charge is -2.33. The van der Waals surface area contributed by atoms with Crippen molar-refractivity contribution in [1.82, 2.24) is 4.90 Å². The number of benzene rings is 2. The standard InChI is InChI=1S/C21H20F2N2O/c22-19-10-9-15(12-20(19)23)7-8-16-4-3-11-25(14-16)21(26)18-6-2-1-5-17(18)13-24/h1-2,5-6,9-10,12,16H,3-4,7-8,11,14H2/t16-/m1/s1. The molecule has 1 heterocycles. The van der Waals surface area contributed by atoms with Crippen LogP contribution in [0, 0.1) is 28.9 Å². The van der Waals surface area contributed by atoms with E-state index in [1.807, 2.05) is 0 Å². The highest BCUT2D eigenvalue weighted by Crippen LogP contribution is 2.24. The Hall–Kier alpha value is -2.74. The second-order valence-corrected chi connectivity index (χ2v) is 6.70. The largest absolute Gasteiger partial charge is 0.338 e. The molecule has 0 saturated carbocycles. The summed E-state index contributed by atoms with van der Waals surface area (Å²) in [5.41, 5.74) is 1.60. The maximum atomic E-state index is 13.3. The molecule has 0 bridgehead atoms. The van der Waals surface area contributed by atoms with Gasteiger partial charge in [0.15, 0.2) is 11.6 Å². The van der Waals surface area contributed by atoms with Crippen LogP contribution < -0.4 is 0 Å². The minimum atomic E-state index is -0.834. The van der Waals surface area contributed by atoms with Crippen LogP contribution in [0.15, 0.2) is 42.5 Å². The topological polar surface area (TPSA) is 44.1 Å². The summed E-state index contributed by atoms with van der Waals surface area (Å²) in [4.78, 5) is 14.6. The van der Waals surface area contributed by atoms with Crippen LogP contribution in [0.2, 0.25) is 0 Å². The van der Waals surface area contributed by atoms with Gasteiger partial charge in [0.2, 0.25) is 0 Å². The molecule has 0 radical (unpaired) electrons. The third-order valence-electron chi connectivity index (χ3n) is 4.91. The number of hydrogen-bond donors (Lipinski definition) is 0. The smallest absolute Gasteiger partial charge is 0.255 e. The lowest BCUT2D eigenvalue weighted by Crippen LogP contribution is -2.40. The Morgan fingerprint density at radius 2 is 2.00 bits per heavy atom. The average Bonchev–Trinajstić information content (AvgIpc) is 2.68. The second-order valence-electron chi connectivity index (χ2n) is 6.70. The minimum Gasteiger partial charge on any atom is -0.338 e. The Labute approximate surface area is 151 Å². The molecular weight excluding hydrogens is 334 g/mol. The van der Waals surface area contributed by atoms with Gasteiger partial charge in [-0.25, -0.2) is 8.78 Å². The van der Waals surface area contributed by atoms with Gasteiger partial charge in [-0.15, -0.1) is 0 Å². The van der Waals surface area contributed by atoms with Crippen molar-refractivity contribution in [2.75, 3.05) is 13.1 Å². The maximum Gasteiger partial charge on any atom is 0.255 e. The van der Waals surface area contributed by atoms with Crippen LogP contribution in [0.1, 0.15) is 40.7 Å². The molecule has 1 aliphatic rings. The summed E-state index contributed by atoms with van der Waals surface area (Å²) in [6.45, 7) is 1.31. The zero-order chi connectivity index (χ0) is 18.5. The summed E-state index contributed by atoms with van der Waals surface area (Å²) < 4.78 is 26.3. The molecule has 0 unspecified atom stereocenters. The van der Waals surface area contributed by atoms with Gasteiger partial charge in [-0.2, -0.15) is 5.26 Å². The van der Waals surface area contributed by atoms with Gasteiger partial charge in [0.25, 0.3) is 5.91 Å². The van der Waals surface area contributed by atoms with E-state index >= 15 is 0 Å². The first-order valence-electron chi connectivity index (χ1n) is 8.81. The Morgan fingerprint density at radius 1 is 1.19 bits per heavy atom. The fraction of sp³-hybridized carbons (Fsp3) is 0.333. The van der Waals surface area contributed by atoms with Crippen molar-refractivity contribution >= 4 is 5.91 Å². The van der Waals surface area contributed by atoms with E-state index in [1.165, 1.54) is 6.07 Å². The molecule has 0 aliphatic carbocycles. The molecule has 1 amide bonds. The van der Waals surface area contributed by atoms with E-state index in [1.54, 1.807) is 35.2 Å².